The van der Waals surface area contributed by atoms with Crippen molar-refractivity contribution in [2.24, 2.45) is 0 Å². The summed E-state index contributed by atoms with van der Waals surface area (Å²) in [6, 6.07) is 16.0. The number of halogens is 2. The van der Waals surface area contributed by atoms with Crippen LogP contribution in [0.4, 0.5) is 5.69 Å². The highest BCUT2D eigenvalue weighted by atomic mass is 35.5. The van der Waals surface area contributed by atoms with Crippen molar-refractivity contribution in [2.45, 2.75) is 38.8 Å². The zero-order valence-electron chi connectivity index (χ0n) is 19.7. The van der Waals surface area contributed by atoms with Crippen LogP contribution in [0.1, 0.15) is 42.1 Å². The van der Waals surface area contributed by atoms with Crippen molar-refractivity contribution in [3.8, 4) is 0 Å². The Morgan fingerprint density at radius 2 is 1.83 bits per heavy atom. The third-order valence-electron chi connectivity index (χ3n) is 6.41. The lowest BCUT2D eigenvalue weighted by Gasteiger charge is -2.31. The molecule has 0 aliphatic carbocycles. The molecule has 8 heteroatoms. The Balaban J connectivity index is 1.50. The summed E-state index contributed by atoms with van der Waals surface area (Å²) in [7, 11) is 1.56. The standard InChI is InChI=1S/C27H27Cl2N3O3/c1-3-22(26(34)30-2)32(16-18-12-13-19(28)15-21(18)29)24(33)11-6-14-31-23-10-5-8-17-7-4-9-20(25(17)23)27(31)35/h4-5,7-10,12-13,15,22H,3,6,11,14,16H2,1-2H3,(H,30,34). The van der Waals surface area contributed by atoms with E-state index in [2.05, 4.69) is 5.32 Å². The maximum atomic E-state index is 13.4. The smallest absolute Gasteiger partial charge is 0.258 e. The summed E-state index contributed by atoms with van der Waals surface area (Å²) in [6.07, 6.45) is 1.11. The lowest BCUT2D eigenvalue weighted by molar-refractivity contribution is -0.141. The molecule has 6 nitrogen and oxygen atoms in total. The number of anilines is 1. The first-order valence-electron chi connectivity index (χ1n) is 11.6. The Bertz CT molecular complexity index is 1290. The van der Waals surface area contributed by atoms with Crippen LogP contribution in [0, 0.1) is 0 Å². The average molecular weight is 512 g/mol. The van der Waals surface area contributed by atoms with Gasteiger partial charge in [0.1, 0.15) is 6.04 Å². The predicted octanol–water partition coefficient (Wildman–Crippen LogP) is 5.44. The van der Waals surface area contributed by atoms with Crippen LogP contribution in [0.15, 0.2) is 54.6 Å². The second-order valence-corrected chi connectivity index (χ2v) is 9.38. The molecule has 0 aromatic heterocycles. The molecule has 1 N–H and O–H groups in total. The Morgan fingerprint density at radius 1 is 1.09 bits per heavy atom. The SMILES string of the molecule is CCC(C(=O)NC)N(Cc1ccc(Cl)cc1Cl)C(=O)CCCN1C(=O)c2cccc3cccc1c23. The third-order valence-corrected chi connectivity index (χ3v) is 7.00. The first-order chi connectivity index (χ1) is 16.8. The Labute approximate surface area is 214 Å². The Kier molecular flexibility index (Phi) is 7.63. The van der Waals surface area contributed by atoms with Crippen molar-refractivity contribution in [3.05, 3.63) is 75.8 Å². The molecule has 0 fully saturated rings. The lowest BCUT2D eigenvalue weighted by atomic mass is 10.1. The van der Waals surface area contributed by atoms with E-state index in [0.29, 0.717) is 40.6 Å². The van der Waals surface area contributed by atoms with Gasteiger partial charge in [-0.15, -0.1) is 0 Å². The number of amides is 3. The highest BCUT2D eigenvalue weighted by Gasteiger charge is 2.31. The Hall–Kier alpha value is -3.09. The van der Waals surface area contributed by atoms with Crippen LogP contribution in [0.3, 0.4) is 0 Å². The lowest BCUT2D eigenvalue weighted by Crippen LogP contribution is -2.48. The molecule has 0 radical (unpaired) electrons. The van der Waals surface area contributed by atoms with E-state index in [1.54, 1.807) is 35.0 Å². The van der Waals surface area contributed by atoms with Crippen LogP contribution in [0.2, 0.25) is 10.0 Å². The second-order valence-electron chi connectivity index (χ2n) is 8.54. The number of benzene rings is 3. The molecule has 3 amide bonds. The highest BCUT2D eigenvalue weighted by Crippen LogP contribution is 2.37. The molecule has 182 valence electrons. The number of likely N-dealkylation sites (N-methyl/N-ethyl adjacent to an activating group) is 1. The molecule has 1 aliphatic rings. The molecule has 3 aromatic rings. The minimum Gasteiger partial charge on any atom is -0.357 e. The molecule has 0 saturated carbocycles. The van der Waals surface area contributed by atoms with Crippen LogP contribution >= 0.6 is 23.2 Å². The summed E-state index contributed by atoms with van der Waals surface area (Å²) in [5, 5.41) is 5.57. The molecule has 0 bridgehead atoms. The van der Waals surface area contributed by atoms with E-state index in [9.17, 15) is 14.4 Å². The van der Waals surface area contributed by atoms with Gasteiger partial charge in [0.2, 0.25) is 11.8 Å². The first-order valence-corrected chi connectivity index (χ1v) is 12.4. The topological polar surface area (TPSA) is 69.7 Å². The fraction of sp³-hybridized carbons (Fsp3) is 0.296. The minimum atomic E-state index is -0.634. The second kappa shape index (κ2) is 10.7. The molecule has 1 aliphatic heterocycles. The summed E-state index contributed by atoms with van der Waals surface area (Å²) >= 11 is 12.4. The Morgan fingerprint density at radius 3 is 2.51 bits per heavy atom. The fourth-order valence-corrected chi connectivity index (χ4v) is 5.12. The van der Waals surface area contributed by atoms with Gasteiger partial charge < -0.3 is 15.1 Å². The van der Waals surface area contributed by atoms with Gasteiger partial charge in [0.25, 0.3) is 5.91 Å². The van der Waals surface area contributed by atoms with E-state index in [0.717, 1.165) is 16.5 Å². The van der Waals surface area contributed by atoms with E-state index in [-0.39, 0.29) is 30.7 Å². The molecule has 4 rings (SSSR count). The van der Waals surface area contributed by atoms with Gasteiger partial charge in [0, 0.05) is 47.6 Å². The van der Waals surface area contributed by atoms with Gasteiger partial charge in [-0.2, -0.15) is 0 Å². The highest BCUT2D eigenvalue weighted by molar-refractivity contribution is 6.35. The zero-order chi connectivity index (χ0) is 25.1. The number of hydrogen-bond acceptors (Lipinski definition) is 3. The average Bonchev–Trinajstić information content (AvgIpc) is 3.13. The third kappa shape index (κ3) is 5.00. The summed E-state index contributed by atoms with van der Waals surface area (Å²) < 4.78 is 0. The summed E-state index contributed by atoms with van der Waals surface area (Å²) in [4.78, 5) is 42.3. The molecule has 1 heterocycles. The fourth-order valence-electron chi connectivity index (χ4n) is 4.65. The van der Waals surface area contributed by atoms with Crippen LogP contribution in [0.5, 0.6) is 0 Å². The number of hydrogen-bond donors (Lipinski definition) is 1. The van der Waals surface area contributed by atoms with Crippen molar-refractivity contribution in [1.82, 2.24) is 10.2 Å². The monoisotopic (exact) mass is 511 g/mol. The van der Waals surface area contributed by atoms with Gasteiger partial charge in [0.05, 0.1) is 5.69 Å². The molecule has 3 aromatic carbocycles. The van der Waals surface area contributed by atoms with Crippen LogP contribution in [0.25, 0.3) is 10.8 Å². The van der Waals surface area contributed by atoms with Crippen LogP contribution in [-0.2, 0) is 16.1 Å². The number of carbonyl (C=O) groups is 3. The number of carbonyl (C=O) groups excluding carboxylic acids is 3. The predicted molar refractivity (Wildman–Crippen MR) is 140 cm³/mol. The van der Waals surface area contributed by atoms with E-state index in [1.807, 2.05) is 43.3 Å². The molecular weight excluding hydrogens is 485 g/mol. The van der Waals surface area contributed by atoms with E-state index in [4.69, 9.17) is 23.2 Å². The van der Waals surface area contributed by atoms with Crippen molar-refractivity contribution in [1.29, 1.82) is 0 Å². The van der Waals surface area contributed by atoms with Crippen molar-refractivity contribution in [2.75, 3.05) is 18.5 Å². The summed E-state index contributed by atoms with van der Waals surface area (Å²) in [5.41, 5.74) is 2.27. The van der Waals surface area contributed by atoms with Crippen molar-refractivity contribution >= 4 is 57.4 Å². The van der Waals surface area contributed by atoms with Crippen molar-refractivity contribution < 1.29 is 14.4 Å². The van der Waals surface area contributed by atoms with Crippen molar-refractivity contribution in [3.63, 3.8) is 0 Å². The van der Waals surface area contributed by atoms with Gasteiger partial charge in [-0.05, 0) is 48.1 Å². The summed E-state index contributed by atoms with van der Waals surface area (Å²) in [5.74, 6) is -0.456. The molecule has 1 unspecified atom stereocenters. The molecule has 1 atom stereocenters. The van der Waals surface area contributed by atoms with E-state index >= 15 is 0 Å². The van der Waals surface area contributed by atoms with Crippen LogP contribution < -0.4 is 10.2 Å². The van der Waals surface area contributed by atoms with E-state index in [1.165, 1.54) is 0 Å². The molecule has 0 saturated heterocycles. The maximum absolute atomic E-state index is 13.4. The van der Waals surface area contributed by atoms with E-state index < -0.39 is 6.04 Å². The quantitative estimate of drug-likeness (QED) is 0.415. The van der Waals surface area contributed by atoms with Gasteiger partial charge >= 0.3 is 0 Å². The molecule has 35 heavy (non-hydrogen) atoms. The summed E-state index contributed by atoms with van der Waals surface area (Å²) in [6.45, 7) is 2.46. The number of rotatable bonds is 9. The maximum Gasteiger partial charge on any atom is 0.258 e. The van der Waals surface area contributed by atoms with Gasteiger partial charge in [-0.25, -0.2) is 0 Å². The first kappa shape index (κ1) is 25.0. The zero-order valence-corrected chi connectivity index (χ0v) is 21.2. The van der Waals surface area contributed by atoms with Gasteiger partial charge in [0.15, 0.2) is 0 Å². The van der Waals surface area contributed by atoms with Gasteiger partial charge in [-0.1, -0.05) is 60.5 Å². The number of nitrogens with zero attached hydrogens (tertiary/aromatic N) is 2. The van der Waals surface area contributed by atoms with Gasteiger partial charge in [-0.3, -0.25) is 14.4 Å². The molecular formula is C27H27Cl2N3O3. The molecule has 0 spiro atoms. The van der Waals surface area contributed by atoms with Crippen LogP contribution in [-0.4, -0.2) is 42.3 Å². The number of nitrogens with one attached hydrogen (secondary N) is 1. The minimum absolute atomic E-state index is 0.0501. The largest absolute Gasteiger partial charge is 0.357 e. The normalized spacial score (nSPS) is 13.3.